The number of carbonyl (C=O) groups excluding carboxylic acids is 1. The first-order valence-corrected chi connectivity index (χ1v) is 11.1. The Morgan fingerprint density at radius 2 is 2.00 bits per heavy atom. The molecule has 1 aliphatic heterocycles. The van der Waals surface area contributed by atoms with Crippen molar-refractivity contribution in [1.82, 2.24) is 15.2 Å². The third-order valence-electron chi connectivity index (χ3n) is 4.80. The minimum atomic E-state index is -0.113. The van der Waals surface area contributed by atoms with Crippen molar-refractivity contribution in [2.75, 3.05) is 32.8 Å². The number of rotatable bonds is 6. The Balaban J connectivity index is 1.51. The summed E-state index contributed by atoms with van der Waals surface area (Å²) in [5, 5.41) is 6.12. The van der Waals surface area contributed by atoms with E-state index < -0.39 is 0 Å². The van der Waals surface area contributed by atoms with Crippen molar-refractivity contribution in [3.8, 4) is 10.4 Å². The van der Waals surface area contributed by atoms with Crippen LogP contribution in [-0.4, -0.2) is 48.6 Å². The summed E-state index contributed by atoms with van der Waals surface area (Å²) in [6.07, 6.45) is 0. The van der Waals surface area contributed by atoms with Crippen LogP contribution in [0, 0.1) is 6.92 Å². The van der Waals surface area contributed by atoms with Gasteiger partial charge in [0.25, 0.3) is 5.91 Å². The molecule has 5 nitrogen and oxygen atoms in total. The zero-order valence-electron chi connectivity index (χ0n) is 15.8. The maximum atomic E-state index is 13.0. The van der Waals surface area contributed by atoms with E-state index in [1.54, 1.807) is 22.7 Å². The van der Waals surface area contributed by atoms with E-state index in [9.17, 15) is 4.79 Å². The number of amides is 1. The first kappa shape index (κ1) is 19.3. The zero-order chi connectivity index (χ0) is 19.3. The number of aryl methyl sites for hydroxylation is 1. The highest BCUT2D eigenvalue weighted by Gasteiger charge is 2.25. The van der Waals surface area contributed by atoms with E-state index in [0.29, 0.717) is 12.2 Å². The Kier molecular flexibility index (Phi) is 6.17. The summed E-state index contributed by atoms with van der Waals surface area (Å²) >= 11 is 3.29. The molecule has 0 aliphatic carbocycles. The lowest BCUT2D eigenvalue weighted by molar-refractivity contribution is 0.0169. The van der Waals surface area contributed by atoms with Crippen LogP contribution in [0.1, 0.15) is 26.4 Å². The summed E-state index contributed by atoms with van der Waals surface area (Å²) in [6, 6.07) is 14.3. The number of thiophene rings is 1. The van der Waals surface area contributed by atoms with E-state index in [-0.39, 0.29) is 11.9 Å². The number of benzene rings is 1. The fourth-order valence-corrected chi connectivity index (χ4v) is 5.20. The van der Waals surface area contributed by atoms with Crippen LogP contribution in [0.3, 0.4) is 0 Å². The SMILES string of the molecule is Cc1nc(C(=O)NCC(c2cccs2)N2CCOCC2)c(-c2ccccc2)s1. The van der Waals surface area contributed by atoms with E-state index in [2.05, 4.69) is 32.7 Å². The van der Waals surface area contributed by atoms with Crippen LogP contribution in [0.5, 0.6) is 0 Å². The molecule has 1 atom stereocenters. The Morgan fingerprint density at radius 1 is 1.21 bits per heavy atom. The molecule has 1 aliphatic rings. The second-order valence-electron chi connectivity index (χ2n) is 6.67. The number of carbonyl (C=O) groups is 1. The maximum Gasteiger partial charge on any atom is 0.271 e. The standard InChI is InChI=1S/C21H23N3O2S2/c1-15-23-19(20(28-15)16-6-3-2-4-7-16)21(25)22-14-17(18-8-5-13-27-18)24-9-11-26-12-10-24/h2-8,13,17H,9-12,14H2,1H3,(H,22,25). The van der Waals surface area contributed by atoms with Gasteiger partial charge in [0.1, 0.15) is 5.69 Å². The van der Waals surface area contributed by atoms with Gasteiger partial charge in [-0.25, -0.2) is 4.98 Å². The molecule has 0 radical (unpaired) electrons. The molecule has 3 aromatic rings. The fraction of sp³-hybridized carbons (Fsp3) is 0.333. The second-order valence-corrected chi connectivity index (χ2v) is 8.85. The predicted molar refractivity (Wildman–Crippen MR) is 114 cm³/mol. The van der Waals surface area contributed by atoms with Crippen LogP contribution in [0.25, 0.3) is 10.4 Å². The minimum Gasteiger partial charge on any atom is -0.379 e. The maximum absolute atomic E-state index is 13.0. The quantitative estimate of drug-likeness (QED) is 0.664. The average molecular weight is 414 g/mol. The van der Waals surface area contributed by atoms with Crippen LogP contribution < -0.4 is 5.32 Å². The Bertz CT molecular complexity index is 903. The van der Waals surface area contributed by atoms with Crippen molar-refractivity contribution < 1.29 is 9.53 Å². The number of aromatic nitrogens is 1. The van der Waals surface area contributed by atoms with Crippen molar-refractivity contribution in [2.45, 2.75) is 13.0 Å². The summed E-state index contributed by atoms with van der Waals surface area (Å²) in [4.78, 5) is 22.1. The molecule has 1 amide bonds. The van der Waals surface area contributed by atoms with Crippen LogP contribution in [-0.2, 0) is 4.74 Å². The predicted octanol–water partition coefficient (Wildman–Crippen LogP) is 3.98. The highest BCUT2D eigenvalue weighted by atomic mass is 32.1. The lowest BCUT2D eigenvalue weighted by atomic mass is 10.1. The van der Waals surface area contributed by atoms with Gasteiger partial charge in [-0.3, -0.25) is 9.69 Å². The Hall–Kier alpha value is -2.06. The van der Waals surface area contributed by atoms with Crippen molar-refractivity contribution in [2.24, 2.45) is 0 Å². The van der Waals surface area contributed by atoms with Crippen molar-refractivity contribution in [1.29, 1.82) is 0 Å². The normalized spacial score (nSPS) is 16.0. The molecule has 1 unspecified atom stereocenters. The van der Waals surface area contributed by atoms with Crippen LogP contribution in [0.4, 0.5) is 0 Å². The molecular formula is C21H23N3O2S2. The van der Waals surface area contributed by atoms with E-state index >= 15 is 0 Å². The van der Waals surface area contributed by atoms with E-state index in [1.165, 1.54) is 4.88 Å². The lowest BCUT2D eigenvalue weighted by Gasteiger charge is -2.34. The highest BCUT2D eigenvalue weighted by Crippen LogP contribution is 2.30. The van der Waals surface area contributed by atoms with Crippen LogP contribution in [0.15, 0.2) is 47.8 Å². The van der Waals surface area contributed by atoms with Gasteiger partial charge in [-0.15, -0.1) is 22.7 Å². The van der Waals surface area contributed by atoms with Gasteiger partial charge in [0, 0.05) is 24.5 Å². The highest BCUT2D eigenvalue weighted by molar-refractivity contribution is 7.15. The molecule has 146 valence electrons. The molecule has 7 heteroatoms. The fourth-order valence-electron chi connectivity index (χ4n) is 3.42. The van der Waals surface area contributed by atoms with Crippen molar-refractivity contribution in [3.05, 3.63) is 63.4 Å². The molecule has 28 heavy (non-hydrogen) atoms. The van der Waals surface area contributed by atoms with Crippen LogP contribution in [0.2, 0.25) is 0 Å². The number of nitrogens with one attached hydrogen (secondary N) is 1. The van der Waals surface area contributed by atoms with Gasteiger partial charge < -0.3 is 10.1 Å². The number of hydrogen-bond acceptors (Lipinski definition) is 6. The average Bonchev–Trinajstić information content (AvgIpc) is 3.39. The number of nitrogens with zero attached hydrogens (tertiary/aromatic N) is 2. The molecule has 1 saturated heterocycles. The van der Waals surface area contributed by atoms with Gasteiger partial charge in [0.05, 0.1) is 29.1 Å². The first-order valence-electron chi connectivity index (χ1n) is 9.38. The smallest absolute Gasteiger partial charge is 0.271 e. The van der Waals surface area contributed by atoms with Gasteiger partial charge in [-0.05, 0) is 23.9 Å². The van der Waals surface area contributed by atoms with Gasteiger partial charge in [0.2, 0.25) is 0 Å². The number of ether oxygens (including phenoxy) is 1. The van der Waals surface area contributed by atoms with Gasteiger partial charge in [0.15, 0.2) is 0 Å². The molecule has 3 heterocycles. The topological polar surface area (TPSA) is 54.5 Å². The minimum absolute atomic E-state index is 0.113. The molecule has 0 spiro atoms. The van der Waals surface area contributed by atoms with Crippen molar-refractivity contribution in [3.63, 3.8) is 0 Å². The Labute approximate surface area is 173 Å². The third-order valence-corrected chi connectivity index (χ3v) is 6.79. The molecule has 4 rings (SSSR count). The van der Waals surface area contributed by atoms with Gasteiger partial charge in [-0.1, -0.05) is 36.4 Å². The summed E-state index contributed by atoms with van der Waals surface area (Å²) < 4.78 is 5.50. The summed E-state index contributed by atoms with van der Waals surface area (Å²) in [6.45, 7) is 5.73. The molecule has 1 fully saturated rings. The van der Waals surface area contributed by atoms with E-state index in [4.69, 9.17) is 4.74 Å². The van der Waals surface area contributed by atoms with E-state index in [1.807, 2.05) is 37.3 Å². The summed E-state index contributed by atoms with van der Waals surface area (Å²) in [7, 11) is 0. The largest absolute Gasteiger partial charge is 0.379 e. The lowest BCUT2D eigenvalue weighted by Crippen LogP contribution is -2.43. The Morgan fingerprint density at radius 3 is 2.71 bits per heavy atom. The number of hydrogen-bond donors (Lipinski definition) is 1. The molecule has 0 bridgehead atoms. The second kappa shape index (κ2) is 8.96. The first-order chi connectivity index (χ1) is 13.7. The monoisotopic (exact) mass is 413 g/mol. The van der Waals surface area contributed by atoms with Crippen LogP contribution >= 0.6 is 22.7 Å². The zero-order valence-corrected chi connectivity index (χ0v) is 17.4. The molecule has 1 aromatic carbocycles. The molecular weight excluding hydrogens is 390 g/mol. The van der Waals surface area contributed by atoms with Gasteiger partial charge >= 0.3 is 0 Å². The molecule has 1 N–H and O–H groups in total. The number of morpholine rings is 1. The third kappa shape index (κ3) is 4.33. The van der Waals surface area contributed by atoms with Gasteiger partial charge in [-0.2, -0.15) is 0 Å². The summed E-state index contributed by atoms with van der Waals surface area (Å²) in [5.41, 5.74) is 1.54. The van der Waals surface area contributed by atoms with E-state index in [0.717, 1.165) is 41.8 Å². The molecule has 2 aromatic heterocycles. The van der Waals surface area contributed by atoms with Crippen molar-refractivity contribution >= 4 is 28.6 Å². The molecule has 0 saturated carbocycles. The number of thiazole rings is 1. The summed E-state index contributed by atoms with van der Waals surface area (Å²) in [5.74, 6) is -0.113.